The first-order valence-electron chi connectivity index (χ1n) is 22.6. The summed E-state index contributed by atoms with van der Waals surface area (Å²) in [6.07, 6.45) is 6.31. The van der Waals surface area contributed by atoms with Gasteiger partial charge in [0.05, 0.1) is 67.5 Å². The Morgan fingerprint density at radius 3 is 1.82 bits per heavy atom. The van der Waals surface area contributed by atoms with E-state index in [1.165, 1.54) is 0 Å². The molecule has 0 aliphatic carbocycles. The lowest BCUT2D eigenvalue weighted by Crippen LogP contribution is -2.58. The summed E-state index contributed by atoms with van der Waals surface area (Å²) in [7, 11) is 0. The molecule has 3 heterocycles. The molecule has 65 heavy (non-hydrogen) atoms. The van der Waals surface area contributed by atoms with Crippen LogP contribution in [0.2, 0.25) is 0 Å². The maximum Gasteiger partial charge on any atom is 0.311 e. The third kappa shape index (κ3) is 18.7. The quantitative estimate of drug-likeness (QED) is 0.180. The Balaban J connectivity index is 1.86. The van der Waals surface area contributed by atoms with E-state index in [0.29, 0.717) is 0 Å². The van der Waals surface area contributed by atoms with Gasteiger partial charge >= 0.3 is 11.9 Å². The van der Waals surface area contributed by atoms with Crippen molar-refractivity contribution in [1.29, 1.82) is 0 Å². The maximum absolute atomic E-state index is 12.6. The number of nitrogens with two attached hydrogens (primary N) is 1. The van der Waals surface area contributed by atoms with Crippen LogP contribution in [-0.4, -0.2) is 154 Å². The van der Waals surface area contributed by atoms with E-state index in [9.17, 15) is 60.7 Å². The van der Waals surface area contributed by atoms with Crippen molar-refractivity contribution in [3.8, 4) is 0 Å². The van der Waals surface area contributed by atoms with E-state index in [-0.39, 0.29) is 37.5 Å². The number of carboxylic acids is 1. The number of hydrogen-bond acceptors (Lipinski definition) is 16. The van der Waals surface area contributed by atoms with E-state index in [1.807, 2.05) is 50.3 Å². The molecule has 0 radical (unpaired) electrons. The van der Waals surface area contributed by atoms with Gasteiger partial charge in [-0.15, -0.1) is 0 Å². The average Bonchev–Trinajstić information content (AvgIpc) is 3.21. The highest BCUT2D eigenvalue weighted by atomic mass is 16.7. The van der Waals surface area contributed by atoms with Crippen molar-refractivity contribution in [2.45, 2.75) is 177 Å². The largest absolute Gasteiger partial charge is 0.481 e. The molecule has 3 aliphatic rings. The van der Waals surface area contributed by atoms with Crippen LogP contribution in [0.4, 0.5) is 0 Å². The molecule has 2 fully saturated rings. The SMILES string of the molecule is CC1/C=C/C=C/C=C/C=C/C=C/C=C/C=C/C(OC2OC(C)C(C)C(N)C2O)CC2OC(O)(CC(O)CC(O)C(O)CCC(O)CC(O)CC(=O)OC(C)C(C)C1O)CC(O)C2C(=O)O. The van der Waals surface area contributed by atoms with Crippen LogP contribution >= 0.6 is 0 Å². The summed E-state index contributed by atoms with van der Waals surface area (Å²) >= 11 is 0. The van der Waals surface area contributed by atoms with Crippen molar-refractivity contribution in [3.63, 3.8) is 0 Å². The number of aliphatic hydroxyl groups is 9. The standard InChI is InChI=1S/C48H75NO16/c1-28-18-16-14-12-10-8-6-7-9-11-13-15-17-19-36(64-47-45(58)43(49)29(2)31(4)63-47)25-40-42(46(59)60)39(55)27-48(61,65-40)26-35(52)23-38(54)37(53)21-20-33(50)22-34(51)24-41(56)62-32(5)30(3)44(28)57/h6-19,28-40,42-45,47,50-55,57-58,61H,20-27,49H2,1-5H3,(H,59,60)/b7-6+,10-8+,11-9+,14-12+,15-13+,18-16+,19-17+. The van der Waals surface area contributed by atoms with Gasteiger partial charge < -0.3 is 75.7 Å². The lowest BCUT2D eigenvalue weighted by Gasteiger charge is -2.45. The lowest BCUT2D eigenvalue weighted by atomic mass is 9.82. The fourth-order valence-corrected chi connectivity index (χ4v) is 8.12. The number of esters is 1. The Bertz CT molecular complexity index is 1660. The highest BCUT2D eigenvalue weighted by molar-refractivity contribution is 5.71. The maximum atomic E-state index is 12.6. The molecule has 0 aromatic carbocycles. The molecular formula is C48H75NO16. The van der Waals surface area contributed by atoms with E-state index >= 15 is 0 Å². The van der Waals surface area contributed by atoms with Crippen molar-refractivity contribution in [2.24, 2.45) is 29.4 Å². The number of cyclic esters (lactones) is 1. The average molecular weight is 922 g/mol. The lowest BCUT2D eigenvalue weighted by molar-refractivity contribution is -0.307. The minimum atomic E-state index is -2.29. The molecule has 2 saturated heterocycles. The second-order valence-electron chi connectivity index (χ2n) is 17.9. The first-order valence-corrected chi connectivity index (χ1v) is 22.6. The molecule has 19 atom stereocenters. The van der Waals surface area contributed by atoms with Crippen LogP contribution in [0.15, 0.2) is 85.1 Å². The number of aliphatic carboxylic acids is 1. The highest BCUT2D eigenvalue weighted by Gasteiger charge is 2.51. The van der Waals surface area contributed by atoms with Crippen LogP contribution in [0.1, 0.15) is 86.0 Å². The van der Waals surface area contributed by atoms with Gasteiger partial charge in [0.1, 0.15) is 18.1 Å². The molecule has 12 N–H and O–H groups in total. The molecule has 3 rings (SSSR count). The third-order valence-electron chi connectivity index (χ3n) is 12.5. The van der Waals surface area contributed by atoms with Gasteiger partial charge in [0, 0.05) is 43.6 Å². The summed E-state index contributed by atoms with van der Waals surface area (Å²) in [5.74, 6) is -6.91. The number of aliphatic hydroxyl groups excluding tert-OH is 8. The number of hydrogen-bond donors (Lipinski definition) is 11. The monoisotopic (exact) mass is 922 g/mol. The molecule has 0 amide bonds. The Hall–Kier alpha value is -3.40. The molecule has 19 unspecified atom stereocenters. The van der Waals surface area contributed by atoms with Crippen LogP contribution < -0.4 is 5.73 Å². The predicted molar refractivity (Wildman–Crippen MR) is 240 cm³/mol. The number of carbonyl (C=O) groups excluding carboxylic acids is 1. The summed E-state index contributed by atoms with van der Waals surface area (Å²) in [4.78, 5) is 25.1. The fourth-order valence-electron chi connectivity index (χ4n) is 8.12. The van der Waals surface area contributed by atoms with Gasteiger partial charge in [-0.1, -0.05) is 106 Å². The molecule has 0 aromatic heterocycles. The molecule has 17 nitrogen and oxygen atoms in total. The van der Waals surface area contributed by atoms with Crippen LogP contribution in [0.3, 0.4) is 0 Å². The minimum absolute atomic E-state index is 0.0948. The summed E-state index contributed by atoms with van der Waals surface area (Å²) in [6.45, 7) is 8.84. The van der Waals surface area contributed by atoms with Crippen LogP contribution in [0.25, 0.3) is 0 Å². The number of fused-ring (bicyclic) bond motifs is 2. The first-order chi connectivity index (χ1) is 30.6. The van der Waals surface area contributed by atoms with Crippen LogP contribution in [-0.2, 0) is 28.5 Å². The van der Waals surface area contributed by atoms with Crippen LogP contribution in [0.5, 0.6) is 0 Å². The normalized spacial score (nSPS) is 45.5. The van der Waals surface area contributed by atoms with Gasteiger partial charge in [0.15, 0.2) is 12.1 Å². The number of ether oxygens (including phenoxy) is 4. The van der Waals surface area contributed by atoms with Crippen molar-refractivity contribution >= 4 is 11.9 Å². The second-order valence-corrected chi connectivity index (χ2v) is 17.9. The zero-order valence-corrected chi connectivity index (χ0v) is 38.1. The fraction of sp³-hybridized carbons (Fsp3) is 0.667. The number of allylic oxidation sites excluding steroid dienone is 12. The van der Waals surface area contributed by atoms with E-state index in [1.54, 1.807) is 69.4 Å². The predicted octanol–water partition coefficient (Wildman–Crippen LogP) is 1.99. The van der Waals surface area contributed by atoms with E-state index < -0.39 is 141 Å². The highest BCUT2D eigenvalue weighted by Crippen LogP contribution is 2.38. The Morgan fingerprint density at radius 2 is 1.23 bits per heavy atom. The zero-order chi connectivity index (χ0) is 48.4. The molecule has 0 saturated carbocycles. The van der Waals surface area contributed by atoms with E-state index in [0.717, 1.165) is 0 Å². The number of carbonyl (C=O) groups is 2. The van der Waals surface area contributed by atoms with Gasteiger partial charge in [-0.25, -0.2) is 0 Å². The number of carboxylic acid groups (broad SMARTS) is 1. The van der Waals surface area contributed by atoms with Gasteiger partial charge in [0.25, 0.3) is 0 Å². The third-order valence-corrected chi connectivity index (χ3v) is 12.5. The Kier molecular flexibility index (Phi) is 23.6. The van der Waals surface area contributed by atoms with Gasteiger partial charge in [-0.3, -0.25) is 9.59 Å². The number of rotatable bonds is 3. The van der Waals surface area contributed by atoms with Crippen molar-refractivity contribution in [1.82, 2.24) is 0 Å². The molecule has 0 spiro atoms. The zero-order valence-electron chi connectivity index (χ0n) is 38.1. The van der Waals surface area contributed by atoms with Gasteiger partial charge in [-0.2, -0.15) is 0 Å². The minimum Gasteiger partial charge on any atom is -0.481 e. The van der Waals surface area contributed by atoms with E-state index in [2.05, 4.69) is 0 Å². The molecule has 3 aliphatic heterocycles. The molecule has 17 heteroatoms. The first kappa shape index (κ1) is 55.9. The summed E-state index contributed by atoms with van der Waals surface area (Å²) < 4.78 is 23.6. The van der Waals surface area contributed by atoms with Gasteiger partial charge in [-0.05, 0) is 39.0 Å². The van der Waals surface area contributed by atoms with Crippen molar-refractivity contribution < 1.29 is 79.6 Å². The molecule has 0 aromatic rings. The summed E-state index contributed by atoms with van der Waals surface area (Å²) in [5, 5.41) is 108. The smallest absolute Gasteiger partial charge is 0.311 e. The Morgan fingerprint density at radius 1 is 0.662 bits per heavy atom. The molecular weight excluding hydrogens is 847 g/mol. The topological polar surface area (TPSA) is 299 Å². The van der Waals surface area contributed by atoms with Gasteiger partial charge in [0.2, 0.25) is 0 Å². The van der Waals surface area contributed by atoms with Crippen molar-refractivity contribution in [2.75, 3.05) is 0 Å². The summed E-state index contributed by atoms with van der Waals surface area (Å²) in [5.41, 5.74) is 6.27. The molecule has 368 valence electrons. The van der Waals surface area contributed by atoms with E-state index in [4.69, 9.17) is 24.7 Å². The van der Waals surface area contributed by atoms with Crippen molar-refractivity contribution in [3.05, 3.63) is 85.1 Å². The Labute approximate surface area is 382 Å². The summed E-state index contributed by atoms with van der Waals surface area (Å²) in [6, 6.07) is -0.704. The van der Waals surface area contributed by atoms with Crippen LogP contribution in [0, 0.1) is 23.7 Å². The second kappa shape index (κ2) is 27.4. The molecule has 2 bridgehead atoms.